The van der Waals surface area contributed by atoms with Gasteiger partial charge in [0, 0.05) is 40.4 Å². The van der Waals surface area contributed by atoms with Crippen LogP contribution in [-0.2, 0) is 22.4 Å². The van der Waals surface area contributed by atoms with Gasteiger partial charge in [-0.25, -0.2) is 0 Å². The average Bonchev–Trinajstić information content (AvgIpc) is 2.60. The predicted octanol–water partition coefficient (Wildman–Crippen LogP) is 2.68. The molecule has 0 atom stereocenters. The first-order valence-electron chi connectivity index (χ1n) is 8.44. The Hall–Kier alpha value is -0.860. The van der Waals surface area contributed by atoms with Gasteiger partial charge in [-0.15, -0.1) is 24.0 Å². The fraction of sp³-hybridized carbons (Fsp3) is 0.611. The van der Waals surface area contributed by atoms with Crippen LogP contribution < -0.4 is 5.32 Å². The molecule has 0 aliphatic carbocycles. The summed E-state index contributed by atoms with van der Waals surface area (Å²) in [6, 6.07) is 8.68. The Morgan fingerprint density at radius 3 is 2.71 bits per heavy atom. The fourth-order valence-electron chi connectivity index (χ4n) is 2.78. The van der Waals surface area contributed by atoms with Crippen molar-refractivity contribution < 1.29 is 9.47 Å². The number of methoxy groups -OCH3 is 1. The van der Waals surface area contributed by atoms with Crippen LogP contribution in [0.2, 0.25) is 0 Å². The van der Waals surface area contributed by atoms with Gasteiger partial charge in [0.15, 0.2) is 5.96 Å². The van der Waals surface area contributed by atoms with Gasteiger partial charge in [-0.2, -0.15) is 0 Å². The summed E-state index contributed by atoms with van der Waals surface area (Å²) in [4.78, 5) is 6.76. The molecule has 6 heteroatoms. The lowest BCUT2D eigenvalue weighted by atomic mass is 10.0. The smallest absolute Gasteiger partial charge is 0.193 e. The molecule has 0 saturated heterocycles. The van der Waals surface area contributed by atoms with E-state index in [1.807, 2.05) is 7.05 Å². The van der Waals surface area contributed by atoms with E-state index < -0.39 is 0 Å². The molecule has 1 aromatic carbocycles. The van der Waals surface area contributed by atoms with Gasteiger partial charge in [0.25, 0.3) is 0 Å². The molecule has 2 rings (SSSR count). The van der Waals surface area contributed by atoms with E-state index in [-0.39, 0.29) is 24.0 Å². The van der Waals surface area contributed by atoms with E-state index in [4.69, 9.17) is 9.47 Å². The Kier molecular flexibility index (Phi) is 11.0. The van der Waals surface area contributed by atoms with Crippen molar-refractivity contribution in [1.29, 1.82) is 0 Å². The molecule has 1 aromatic rings. The number of nitrogens with zero attached hydrogens (tertiary/aromatic N) is 2. The molecule has 0 unspecified atom stereocenters. The molecule has 0 bridgehead atoms. The van der Waals surface area contributed by atoms with Crippen LogP contribution >= 0.6 is 24.0 Å². The highest BCUT2D eigenvalue weighted by Gasteiger charge is 2.18. The zero-order chi connectivity index (χ0) is 16.3. The Morgan fingerprint density at radius 1 is 1.17 bits per heavy atom. The number of unbranched alkanes of at least 4 members (excludes halogenated alkanes) is 1. The number of benzene rings is 1. The zero-order valence-corrected chi connectivity index (χ0v) is 17.1. The molecule has 0 fully saturated rings. The number of nitrogens with one attached hydrogen (secondary N) is 1. The van der Waals surface area contributed by atoms with Gasteiger partial charge >= 0.3 is 0 Å². The van der Waals surface area contributed by atoms with E-state index in [0.717, 1.165) is 51.5 Å². The van der Waals surface area contributed by atoms with Gasteiger partial charge in [-0.1, -0.05) is 24.3 Å². The second kappa shape index (κ2) is 12.5. The highest BCUT2D eigenvalue weighted by atomic mass is 127. The first-order valence-corrected chi connectivity index (χ1v) is 8.44. The quantitative estimate of drug-likeness (QED) is 0.288. The van der Waals surface area contributed by atoms with Gasteiger partial charge < -0.3 is 19.7 Å². The molecular weight excluding hydrogens is 417 g/mol. The summed E-state index contributed by atoms with van der Waals surface area (Å²) >= 11 is 0. The summed E-state index contributed by atoms with van der Waals surface area (Å²) in [5.74, 6) is 1.000. The molecule has 0 amide bonds. The van der Waals surface area contributed by atoms with Crippen molar-refractivity contribution >= 4 is 29.9 Å². The minimum Gasteiger partial charge on any atom is -0.382 e. The summed E-state index contributed by atoms with van der Waals surface area (Å²) in [6.45, 7) is 5.03. The first kappa shape index (κ1) is 21.2. The number of halogens is 1. The van der Waals surface area contributed by atoms with Crippen LogP contribution in [0.5, 0.6) is 0 Å². The predicted molar refractivity (Wildman–Crippen MR) is 109 cm³/mol. The number of rotatable bonds is 8. The van der Waals surface area contributed by atoms with Crippen molar-refractivity contribution in [3.05, 3.63) is 35.4 Å². The van der Waals surface area contributed by atoms with Crippen LogP contribution in [0.1, 0.15) is 24.0 Å². The number of hydrogen-bond donors (Lipinski definition) is 1. The van der Waals surface area contributed by atoms with Crippen molar-refractivity contribution in [2.75, 3.05) is 47.1 Å². The van der Waals surface area contributed by atoms with E-state index >= 15 is 0 Å². The standard InChI is InChI=1S/C18H29N3O2.HI/c1-19-18(20-10-5-6-12-23-14-13-22-2)21-11-9-16-7-3-4-8-17(16)15-21;/h3-4,7-8H,5-6,9-15H2,1-2H3,(H,19,20);1H. The van der Waals surface area contributed by atoms with Crippen LogP contribution in [0.15, 0.2) is 29.3 Å². The number of ether oxygens (including phenoxy) is 2. The Bertz CT molecular complexity index is 497. The zero-order valence-electron chi connectivity index (χ0n) is 14.8. The van der Waals surface area contributed by atoms with Crippen molar-refractivity contribution in [3.63, 3.8) is 0 Å². The molecule has 0 aromatic heterocycles. The SMILES string of the molecule is CN=C(NCCCCOCCOC)N1CCc2ccccc2C1.I. The van der Waals surface area contributed by atoms with Crippen molar-refractivity contribution in [2.45, 2.75) is 25.8 Å². The number of guanidine groups is 1. The maximum Gasteiger partial charge on any atom is 0.193 e. The molecule has 5 nitrogen and oxygen atoms in total. The highest BCUT2D eigenvalue weighted by molar-refractivity contribution is 14.0. The van der Waals surface area contributed by atoms with Gasteiger partial charge in [0.05, 0.1) is 13.2 Å². The molecule has 1 N–H and O–H groups in total. The summed E-state index contributed by atoms with van der Waals surface area (Å²) in [5.41, 5.74) is 2.88. The molecule has 136 valence electrons. The lowest BCUT2D eigenvalue weighted by Gasteiger charge is -2.31. The monoisotopic (exact) mass is 447 g/mol. The summed E-state index contributed by atoms with van der Waals surface area (Å²) in [7, 11) is 3.55. The minimum atomic E-state index is 0. The molecule has 24 heavy (non-hydrogen) atoms. The molecule has 0 saturated carbocycles. The second-order valence-electron chi connectivity index (χ2n) is 5.73. The third-order valence-corrected chi connectivity index (χ3v) is 4.07. The molecular formula is C18H30IN3O2. The lowest BCUT2D eigenvalue weighted by molar-refractivity contribution is 0.0689. The topological polar surface area (TPSA) is 46.1 Å². The van der Waals surface area contributed by atoms with E-state index in [9.17, 15) is 0 Å². The number of fused-ring (bicyclic) bond motifs is 1. The fourth-order valence-corrected chi connectivity index (χ4v) is 2.78. The largest absolute Gasteiger partial charge is 0.382 e. The maximum absolute atomic E-state index is 5.47. The third kappa shape index (κ3) is 6.94. The van der Waals surface area contributed by atoms with Crippen molar-refractivity contribution in [2.24, 2.45) is 4.99 Å². The molecule has 1 aliphatic rings. The molecule has 1 heterocycles. The lowest BCUT2D eigenvalue weighted by Crippen LogP contribution is -2.44. The van der Waals surface area contributed by atoms with Crippen LogP contribution in [-0.4, -0.2) is 57.9 Å². The number of hydrogen-bond acceptors (Lipinski definition) is 3. The van der Waals surface area contributed by atoms with Gasteiger partial charge in [-0.05, 0) is 30.4 Å². The molecule has 0 spiro atoms. The molecule has 1 aliphatic heterocycles. The average molecular weight is 447 g/mol. The van der Waals surface area contributed by atoms with Crippen molar-refractivity contribution in [1.82, 2.24) is 10.2 Å². The van der Waals surface area contributed by atoms with Crippen LogP contribution in [0.3, 0.4) is 0 Å². The van der Waals surface area contributed by atoms with E-state index in [1.54, 1.807) is 7.11 Å². The van der Waals surface area contributed by atoms with Crippen molar-refractivity contribution in [3.8, 4) is 0 Å². The molecule has 0 radical (unpaired) electrons. The normalized spacial score (nSPS) is 14.1. The minimum absolute atomic E-state index is 0. The van der Waals surface area contributed by atoms with E-state index in [1.165, 1.54) is 11.1 Å². The van der Waals surface area contributed by atoms with Gasteiger partial charge in [0.2, 0.25) is 0 Å². The Balaban J connectivity index is 0.00000288. The summed E-state index contributed by atoms with van der Waals surface area (Å²) < 4.78 is 10.4. The van der Waals surface area contributed by atoms with Crippen LogP contribution in [0.25, 0.3) is 0 Å². The number of aliphatic imine (C=N–C) groups is 1. The van der Waals surface area contributed by atoms with E-state index in [0.29, 0.717) is 13.2 Å². The Labute approximate surface area is 162 Å². The Morgan fingerprint density at radius 2 is 1.96 bits per heavy atom. The third-order valence-electron chi connectivity index (χ3n) is 4.07. The first-order chi connectivity index (χ1) is 11.3. The van der Waals surface area contributed by atoms with E-state index in [2.05, 4.69) is 39.5 Å². The maximum atomic E-state index is 5.47. The summed E-state index contributed by atoms with van der Waals surface area (Å²) in [5, 5.41) is 3.47. The second-order valence-corrected chi connectivity index (χ2v) is 5.73. The van der Waals surface area contributed by atoms with Gasteiger partial charge in [-0.3, -0.25) is 4.99 Å². The van der Waals surface area contributed by atoms with Crippen LogP contribution in [0.4, 0.5) is 0 Å². The van der Waals surface area contributed by atoms with Crippen LogP contribution in [0, 0.1) is 0 Å². The van der Waals surface area contributed by atoms with Gasteiger partial charge in [0.1, 0.15) is 0 Å². The highest BCUT2D eigenvalue weighted by Crippen LogP contribution is 2.18. The summed E-state index contributed by atoms with van der Waals surface area (Å²) in [6.07, 6.45) is 3.22.